The highest BCUT2D eigenvalue weighted by Crippen LogP contribution is 2.54. The van der Waals surface area contributed by atoms with Gasteiger partial charge in [-0.25, -0.2) is 13.2 Å². The minimum atomic E-state index is -3.04. The molecule has 3 aromatic rings. The van der Waals surface area contributed by atoms with E-state index in [0.29, 0.717) is 60.6 Å². The van der Waals surface area contributed by atoms with Crippen LogP contribution in [0.3, 0.4) is 0 Å². The van der Waals surface area contributed by atoms with Crippen LogP contribution < -0.4 is 9.47 Å². The van der Waals surface area contributed by atoms with E-state index in [1.54, 1.807) is 23.1 Å². The summed E-state index contributed by atoms with van der Waals surface area (Å²) in [5.74, 6) is 0.905. The summed E-state index contributed by atoms with van der Waals surface area (Å²) in [5.41, 5.74) is -0.00299. The van der Waals surface area contributed by atoms with E-state index in [1.807, 2.05) is 55.1 Å². The number of hydrogen-bond donors (Lipinski definition) is 0. The molecule has 2 atom stereocenters. The molecule has 46 heavy (non-hydrogen) atoms. The highest BCUT2D eigenvalue weighted by Gasteiger charge is 2.60. The smallest absolute Gasteiger partial charge is 0.326 e. The van der Waals surface area contributed by atoms with Crippen molar-refractivity contribution in [1.82, 2.24) is 24.9 Å². The second-order valence-corrected chi connectivity index (χ2v) is 15.0. The summed E-state index contributed by atoms with van der Waals surface area (Å²) in [7, 11) is -0.0592. The number of urea groups is 1. The number of carbonyl (C=O) groups is 1. The maximum atomic E-state index is 14.9. The summed E-state index contributed by atoms with van der Waals surface area (Å²) in [6.07, 6.45) is 1.79. The van der Waals surface area contributed by atoms with E-state index in [0.717, 1.165) is 11.1 Å². The predicted octanol–water partition coefficient (Wildman–Crippen LogP) is 4.87. The molecule has 0 aliphatic carbocycles. The van der Waals surface area contributed by atoms with Crippen molar-refractivity contribution in [2.24, 2.45) is 4.99 Å². The van der Waals surface area contributed by atoms with Crippen molar-refractivity contribution in [2.75, 3.05) is 59.0 Å². The Kier molecular flexibility index (Phi) is 9.84. The van der Waals surface area contributed by atoms with Gasteiger partial charge in [-0.05, 0) is 62.2 Å². The van der Waals surface area contributed by atoms with Gasteiger partial charge in [0.2, 0.25) is 11.8 Å². The standard InChI is InChI=1S/C32H38Cl2N6O5S/c1-31(22-7-11-24(33)12-8-22)32(2,23-9-13-25(34)14-10-23)40(28(35-31)26-21-27(44-3)36-37-29(26)45-4)30(41)39-18-16-38(17-19-39)15-6-20-46(5,42)43/h7-14,21H,6,15-20H2,1-5H3. The number of sulfone groups is 1. The molecule has 0 bridgehead atoms. The van der Waals surface area contributed by atoms with Gasteiger partial charge >= 0.3 is 6.03 Å². The molecule has 11 nitrogen and oxygen atoms in total. The molecule has 0 N–H and O–H groups in total. The molecule has 1 saturated heterocycles. The molecule has 2 aliphatic heterocycles. The molecule has 0 spiro atoms. The van der Waals surface area contributed by atoms with Crippen LogP contribution in [0.5, 0.6) is 11.8 Å². The first-order valence-electron chi connectivity index (χ1n) is 14.9. The molecule has 1 fully saturated rings. The number of aromatic nitrogens is 2. The van der Waals surface area contributed by atoms with Crippen LogP contribution in [0.25, 0.3) is 0 Å². The second-order valence-electron chi connectivity index (χ2n) is 11.8. The van der Waals surface area contributed by atoms with Crippen molar-refractivity contribution in [3.8, 4) is 11.8 Å². The van der Waals surface area contributed by atoms with Crippen LogP contribution >= 0.6 is 23.2 Å². The lowest BCUT2D eigenvalue weighted by molar-refractivity contribution is 0.0868. The molecule has 14 heteroatoms. The number of methoxy groups -OCH3 is 2. The Morgan fingerprint density at radius 2 is 1.48 bits per heavy atom. The molecule has 2 aliphatic rings. The fourth-order valence-electron chi connectivity index (χ4n) is 6.20. The number of halogens is 2. The zero-order valence-corrected chi connectivity index (χ0v) is 28.9. The first kappa shape index (κ1) is 33.9. The highest BCUT2D eigenvalue weighted by molar-refractivity contribution is 7.90. The van der Waals surface area contributed by atoms with Crippen LogP contribution in [0.15, 0.2) is 59.6 Å². The lowest BCUT2D eigenvalue weighted by Crippen LogP contribution is -2.60. The third kappa shape index (κ3) is 6.53. The number of rotatable bonds is 9. The van der Waals surface area contributed by atoms with E-state index in [-0.39, 0.29) is 23.5 Å². The van der Waals surface area contributed by atoms with Crippen LogP contribution in [0, 0.1) is 0 Å². The zero-order valence-electron chi connectivity index (χ0n) is 26.5. The van der Waals surface area contributed by atoms with Gasteiger partial charge in [0, 0.05) is 48.5 Å². The van der Waals surface area contributed by atoms with E-state index in [1.165, 1.54) is 20.5 Å². The summed E-state index contributed by atoms with van der Waals surface area (Å²) in [5, 5.41) is 9.45. The van der Waals surface area contributed by atoms with Gasteiger partial charge in [-0.3, -0.25) is 14.8 Å². The van der Waals surface area contributed by atoms with Crippen LogP contribution in [-0.4, -0.2) is 104 Å². The molecular weight excluding hydrogens is 651 g/mol. The summed E-state index contributed by atoms with van der Waals surface area (Å²) in [4.78, 5) is 26.0. The average molecular weight is 690 g/mol. The topological polar surface area (TPSA) is 118 Å². The van der Waals surface area contributed by atoms with Gasteiger partial charge in [0.15, 0.2) is 0 Å². The molecule has 2 aromatic carbocycles. The lowest BCUT2D eigenvalue weighted by atomic mass is 9.71. The first-order valence-corrected chi connectivity index (χ1v) is 17.7. The summed E-state index contributed by atoms with van der Waals surface area (Å²) in [6, 6.07) is 16.3. The highest BCUT2D eigenvalue weighted by atomic mass is 35.5. The van der Waals surface area contributed by atoms with Crippen molar-refractivity contribution in [2.45, 2.75) is 31.3 Å². The molecule has 2 unspecified atom stereocenters. The average Bonchev–Trinajstić information content (AvgIpc) is 3.28. The minimum Gasteiger partial charge on any atom is -0.480 e. The Morgan fingerprint density at radius 1 is 0.891 bits per heavy atom. The predicted molar refractivity (Wildman–Crippen MR) is 179 cm³/mol. The molecule has 3 heterocycles. The molecule has 2 amide bonds. The Labute approximate surface area is 280 Å². The van der Waals surface area contributed by atoms with E-state index in [2.05, 4.69) is 15.1 Å². The number of amidine groups is 1. The van der Waals surface area contributed by atoms with Gasteiger partial charge in [-0.2, -0.15) is 0 Å². The maximum Gasteiger partial charge on any atom is 0.326 e. The van der Waals surface area contributed by atoms with Crippen LogP contribution in [-0.2, 0) is 20.9 Å². The normalized spacial score (nSPS) is 22.1. The molecule has 1 aromatic heterocycles. The summed E-state index contributed by atoms with van der Waals surface area (Å²) in [6.45, 7) is 6.75. The second kappa shape index (κ2) is 13.3. The Hall–Kier alpha value is -3.45. The molecule has 0 saturated carbocycles. The number of carbonyl (C=O) groups excluding carboxylic acids is 1. The zero-order chi connectivity index (χ0) is 33.3. The Bertz CT molecular complexity index is 1720. The largest absolute Gasteiger partial charge is 0.480 e. The van der Waals surface area contributed by atoms with Crippen molar-refractivity contribution in [3.63, 3.8) is 0 Å². The number of piperazine rings is 1. The van der Waals surface area contributed by atoms with E-state index >= 15 is 0 Å². The van der Waals surface area contributed by atoms with Crippen molar-refractivity contribution < 1.29 is 22.7 Å². The van der Waals surface area contributed by atoms with Crippen molar-refractivity contribution in [1.29, 1.82) is 0 Å². The number of ether oxygens (including phenoxy) is 2. The molecule has 5 rings (SSSR count). The fraction of sp³-hybridized carbons (Fsp3) is 0.438. The van der Waals surface area contributed by atoms with Crippen LogP contribution in [0.4, 0.5) is 4.79 Å². The molecule has 0 radical (unpaired) electrons. The third-order valence-corrected chi connectivity index (χ3v) is 10.5. The van der Waals surface area contributed by atoms with Crippen LogP contribution in [0.1, 0.15) is 37.0 Å². The molecular formula is C32H38Cl2N6O5S. The van der Waals surface area contributed by atoms with Gasteiger partial charge in [0.1, 0.15) is 26.8 Å². The summed E-state index contributed by atoms with van der Waals surface area (Å²) >= 11 is 12.7. The summed E-state index contributed by atoms with van der Waals surface area (Å²) < 4.78 is 34.3. The molecule has 246 valence electrons. The lowest BCUT2D eigenvalue weighted by Gasteiger charge is -2.47. The minimum absolute atomic E-state index is 0.133. The Balaban J connectivity index is 1.62. The number of nitrogens with zero attached hydrogens (tertiary/aromatic N) is 6. The number of aliphatic imine (C=N–C) groups is 1. The number of amides is 2. The third-order valence-electron chi connectivity index (χ3n) is 8.95. The van der Waals surface area contributed by atoms with Gasteiger partial charge < -0.3 is 14.4 Å². The quantitative estimate of drug-likeness (QED) is 0.313. The van der Waals surface area contributed by atoms with Crippen molar-refractivity contribution in [3.05, 3.63) is 81.3 Å². The SMILES string of the molecule is COc1cc(C2=NC(C)(c3ccc(Cl)cc3)C(C)(c3ccc(Cl)cc3)N2C(=O)N2CCN(CCCS(C)(=O)=O)CC2)c(OC)nn1. The Morgan fingerprint density at radius 3 is 2.02 bits per heavy atom. The first-order chi connectivity index (χ1) is 21.8. The van der Waals surface area contributed by atoms with E-state index < -0.39 is 20.9 Å². The van der Waals surface area contributed by atoms with E-state index in [9.17, 15) is 13.2 Å². The van der Waals surface area contributed by atoms with Crippen molar-refractivity contribution >= 4 is 44.9 Å². The van der Waals surface area contributed by atoms with E-state index in [4.69, 9.17) is 37.7 Å². The van der Waals surface area contributed by atoms with Gasteiger partial charge in [0.25, 0.3) is 0 Å². The monoisotopic (exact) mass is 688 g/mol. The fourth-order valence-corrected chi connectivity index (χ4v) is 7.10. The number of hydrogen-bond acceptors (Lipinski definition) is 9. The van der Waals surface area contributed by atoms with Gasteiger partial charge in [-0.15, -0.1) is 10.2 Å². The van der Waals surface area contributed by atoms with Crippen LogP contribution in [0.2, 0.25) is 10.0 Å². The maximum absolute atomic E-state index is 14.9. The number of benzene rings is 2. The van der Waals surface area contributed by atoms with Gasteiger partial charge in [-0.1, -0.05) is 47.5 Å². The van der Waals surface area contributed by atoms with Gasteiger partial charge in [0.05, 0.1) is 25.5 Å².